The van der Waals surface area contributed by atoms with Gasteiger partial charge in [0.2, 0.25) is 11.8 Å². The normalized spacial score (nSPS) is 14.9. The summed E-state index contributed by atoms with van der Waals surface area (Å²) in [7, 11) is 0. The zero-order valence-electron chi connectivity index (χ0n) is 12.7. The number of imide groups is 1. The van der Waals surface area contributed by atoms with Crippen LogP contribution in [0.2, 0.25) is 0 Å². The number of nitrogens with one attached hydrogen (secondary N) is 1. The number of aromatic nitrogens is 3. The summed E-state index contributed by atoms with van der Waals surface area (Å²) in [4.78, 5) is 27.6. The number of likely N-dealkylation sites (tertiary alicyclic amines) is 1. The average Bonchev–Trinajstić information content (AvgIpc) is 3.29. The van der Waals surface area contributed by atoms with Crippen molar-refractivity contribution < 1.29 is 14.0 Å². The highest BCUT2D eigenvalue weighted by Gasteiger charge is 2.28. The first-order valence-corrected chi connectivity index (χ1v) is 8.57. The Labute approximate surface area is 141 Å². The molecule has 8 heteroatoms. The van der Waals surface area contributed by atoms with Gasteiger partial charge in [0, 0.05) is 42.2 Å². The lowest BCUT2D eigenvalue weighted by atomic mass is 10.2. The molecule has 24 heavy (non-hydrogen) atoms. The number of nitrogens with zero attached hydrogens (tertiary/aromatic N) is 3. The van der Waals surface area contributed by atoms with E-state index in [1.165, 1.54) is 16.7 Å². The molecule has 2 aromatic heterocycles. The topological polar surface area (TPSA) is 92.1 Å². The van der Waals surface area contributed by atoms with Gasteiger partial charge in [-0.1, -0.05) is 30.0 Å². The lowest BCUT2D eigenvalue weighted by Crippen LogP contribution is -2.31. The molecule has 4 rings (SSSR count). The molecule has 0 aliphatic carbocycles. The quantitative estimate of drug-likeness (QED) is 0.566. The summed E-state index contributed by atoms with van der Waals surface area (Å²) in [5.74, 6) is 0.770. The summed E-state index contributed by atoms with van der Waals surface area (Å²) in [6, 6.07) is 7.88. The first-order chi connectivity index (χ1) is 11.7. The first kappa shape index (κ1) is 14.9. The Morgan fingerprint density at radius 1 is 1.17 bits per heavy atom. The minimum absolute atomic E-state index is 0.106. The van der Waals surface area contributed by atoms with Crippen LogP contribution in [0.1, 0.15) is 12.8 Å². The van der Waals surface area contributed by atoms with Gasteiger partial charge in [-0.2, -0.15) is 0 Å². The molecule has 0 spiro atoms. The van der Waals surface area contributed by atoms with Gasteiger partial charge in [-0.05, 0) is 6.07 Å². The van der Waals surface area contributed by atoms with Crippen LogP contribution in [0.25, 0.3) is 22.4 Å². The standard InChI is InChI=1S/C16H14N4O3S/c21-13-5-6-14(22)20(13)7-8-24-16-19-18-15(23-16)11-9-17-12-4-2-1-3-10(11)12/h1-4,9,17H,5-8H2. The number of aromatic amines is 1. The van der Waals surface area contributed by atoms with Crippen LogP contribution in [0.5, 0.6) is 0 Å². The number of hydrogen-bond acceptors (Lipinski definition) is 6. The van der Waals surface area contributed by atoms with Gasteiger partial charge in [-0.15, -0.1) is 10.2 Å². The molecule has 1 N–H and O–H groups in total. The van der Waals surface area contributed by atoms with E-state index in [0.717, 1.165) is 16.5 Å². The van der Waals surface area contributed by atoms with Gasteiger partial charge < -0.3 is 9.40 Å². The molecular weight excluding hydrogens is 328 g/mol. The molecule has 122 valence electrons. The van der Waals surface area contributed by atoms with E-state index in [1.54, 1.807) is 0 Å². The van der Waals surface area contributed by atoms with Crippen molar-refractivity contribution in [1.29, 1.82) is 0 Å². The number of benzene rings is 1. The Morgan fingerprint density at radius 2 is 1.96 bits per heavy atom. The van der Waals surface area contributed by atoms with Gasteiger partial charge in [-0.3, -0.25) is 14.5 Å². The van der Waals surface area contributed by atoms with Crippen molar-refractivity contribution in [3.63, 3.8) is 0 Å². The van der Waals surface area contributed by atoms with Gasteiger partial charge in [-0.25, -0.2) is 0 Å². The van der Waals surface area contributed by atoms with Crippen LogP contribution in [-0.2, 0) is 9.59 Å². The number of H-pyrrole nitrogens is 1. The van der Waals surface area contributed by atoms with E-state index < -0.39 is 0 Å². The van der Waals surface area contributed by atoms with Crippen LogP contribution in [-0.4, -0.2) is 44.2 Å². The maximum Gasteiger partial charge on any atom is 0.276 e. The van der Waals surface area contributed by atoms with Gasteiger partial charge in [0.05, 0.1) is 5.56 Å². The van der Waals surface area contributed by atoms with E-state index in [4.69, 9.17) is 4.42 Å². The Morgan fingerprint density at radius 3 is 2.79 bits per heavy atom. The highest BCUT2D eigenvalue weighted by atomic mass is 32.2. The molecule has 1 aliphatic rings. The average molecular weight is 342 g/mol. The Kier molecular flexibility index (Phi) is 3.81. The summed E-state index contributed by atoms with van der Waals surface area (Å²) in [6.45, 7) is 0.368. The molecule has 1 fully saturated rings. The highest BCUT2D eigenvalue weighted by molar-refractivity contribution is 7.99. The lowest BCUT2D eigenvalue weighted by molar-refractivity contribution is -0.137. The fraction of sp³-hybridized carbons (Fsp3) is 0.250. The van der Waals surface area contributed by atoms with Crippen molar-refractivity contribution in [2.24, 2.45) is 0 Å². The SMILES string of the molecule is O=C1CCC(=O)N1CCSc1nnc(-c2c[nH]c3ccccc23)o1. The Balaban J connectivity index is 1.43. The zero-order chi connectivity index (χ0) is 16.5. The largest absolute Gasteiger partial charge is 0.411 e. The number of carbonyl (C=O) groups excluding carboxylic acids is 2. The number of fused-ring (bicyclic) bond motifs is 1. The van der Waals surface area contributed by atoms with Gasteiger partial charge in [0.15, 0.2) is 0 Å². The van der Waals surface area contributed by atoms with E-state index in [9.17, 15) is 9.59 Å². The number of amides is 2. The minimum atomic E-state index is -0.106. The van der Waals surface area contributed by atoms with Crippen LogP contribution >= 0.6 is 11.8 Å². The summed E-state index contributed by atoms with van der Waals surface area (Å²) >= 11 is 1.34. The maximum atomic E-state index is 11.6. The van der Waals surface area contributed by atoms with E-state index in [2.05, 4.69) is 15.2 Å². The summed E-state index contributed by atoms with van der Waals surface area (Å²) in [5.41, 5.74) is 1.86. The molecule has 3 heterocycles. The van der Waals surface area contributed by atoms with Crippen LogP contribution in [0.15, 0.2) is 40.1 Å². The van der Waals surface area contributed by atoms with E-state index in [-0.39, 0.29) is 11.8 Å². The molecule has 1 saturated heterocycles. The molecule has 1 aliphatic heterocycles. The predicted molar refractivity (Wildman–Crippen MR) is 88.3 cm³/mol. The second kappa shape index (κ2) is 6.12. The minimum Gasteiger partial charge on any atom is -0.411 e. The van der Waals surface area contributed by atoms with Gasteiger partial charge in [0.1, 0.15) is 0 Å². The van der Waals surface area contributed by atoms with E-state index in [1.807, 2.05) is 30.5 Å². The van der Waals surface area contributed by atoms with Crippen molar-refractivity contribution in [3.8, 4) is 11.5 Å². The van der Waals surface area contributed by atoms with Crippen LogP contribution in [0, 0.1) is 0 Å². The molecule has 3 aromatic rings. The van der Waals surface area contributed by atoms with E-state index >= 15 is 0 Å². The summed E-state index contributed by atoms with van der Waals surface area (Å²) in [6.07, 6.45) is 2.47. The third-order valence-electron chi connectivity index (χ3n) is 3.92. The Hall–Kier alpha value is -2.61. The third-order valence-corrected chi connectivity index (χ3v) is 4.72. The summed E-state index contributed by atoms with van der Waals surface area (Å²) < 4.78 is 5.69. The fourth-order valence-corrected chi connectivity index (χ4v) is 3.41. The monoisotopic (exact) mass is 342 g/mol. The van der Waals surface area contributed by atoms with E-state index in [0.29, 0.717) is 36.3 Å². The van der Waals surface area contributed by atoms with Crippen molar-refractivity contribution in [2.45, 2.75) is 18.1 Å². The first-order valence-electron chi connectivity index (χ1n) is 7.58. The summed E-state index contributed by atoms with van der Waals surface area (Å²) in [5, 5.41) is 9.55. The second-order valence-corrected chi connectivity index (χ2v) is 6.45. The molecule has 7 nitrogen and oxygen atoms in total. The molecule has 1 aromatic carbocycles. The number of thioether (sulfide) groups is 1. The number of carbonyl (C=O) groups is 2. The number of hydrogen-bond donors (Lipinski definition) is 1. The molecule has 0 saturated carbocycles. The molecule has 0 bridgehead atoms. The maximum absolute atomic E-state index is 11.6. The van der Waals surface area contributed by atoms with Crippen LogP contribution < -0.4 is 0 Å². The van der Waals surface area contributed by atoms with Crippen molar-refractivity contribution in [1.82, 2.24) is 20.1 Å². The molecule has 0 radical (unpaired) electrons. The van der Waals surface area contributed by atoms with Crippen molar-refractivity contribution in [3.05, 3.63) is 30.5 Å². The fourth-order valence-electron chi connectivity index (χ4n) is 2.72. The van der Waals surface area contributed by atoms with Crippen molar-refractivity contribution >= 4 is 34.5 Å². The third kappa shape index (κ3) is 2.69. The second-order valence-electron chi connectivity index (χ2n) is 5.41. The smallest absolute Gasteiger partial charge is 0.276 e. The van der Waals surface area contributed by atoms with Crippen LogP contribution in [0.4, 0.5) is 0 Å². The molecule has 2 amide bonds. The predicted octanol–water partition coefficient (Wildman–Crippen LogP) is 2.46. The highest BCUT2D eigenvalue weighted by Crippen LogP contribution is 2.29. The van der Waals surface area contributed by atoms with Gasteiger partial charge in [0.25, 0.3) is 11.1 Å². The lowest BCUT2D eigenvalue weighted by Gasteiger charge is -2.11. The zero-order valence-corrected chi connectivity index (χ0v) is 13.5. The van der Waals surface area contributed by atoms with Crippen LogP contribution in [0.3, 0.4) is 0 Å². The number of para-hydroxylation sites is 1. The van der Waals surface area contributed by atoms with Gasteiger partial charge >= 0.3 is 0 Å². The molecule has 0 atom stereocenters. The molecular formula is C16H14N4O3S. The Bertz CT molecular complexity index is 901. The van der Waals surface area contributed by atoms with Crippen molar-refractivity contribution in [2.75, 3.05) is 12.3 Å². The molecule has 0 unspecified atom stereocenters. The number of rotatable bonds is 5.